The lowest BCUT2D eigenvalue weighted by atomic mass is 10.2. The molecule has 1 aromatic carbocycles. The lowest BCUT2D eigenvalue weighted by Crippen LogP contribution is -2.38. The Bertz CT molecular complexity index is 672. The molecule has 0 spiro atoms. The van der Waals surface area contributed by atoms with Gasteiger partial charge in [0.25, 0.3) is 0 Å². The molecule has 0 saturated carbocycles. The third-order valence-corrected chi connectivity index (χ3v) is 5.00. The van der Waals surface area contributed by atoms with E-state index in [4.69, 9.17) is 4.74 Å². The largest absolute Gasteiger partial charge is 0.450 e. The molecule has 0 aliphatic carbocycles. The molecular weight excluding hydrogens is 322 g/mol. The SMILES string of the molecule is CCOC(=O)Nc1ccc(NC(=O)NC2CCS(=O)(=O)C2)cc1. The van der Waals surface area contributed by atoms with Gasteiger partial charge in [0.05, 0.1) is 18.1 Å². The highest BCUT2D eigenvalue weighted by atomic mass is 32.2. The van der Waals surface area contributed by atoms with E-state index in [1.165, 1.54) is 0 Å². The smallest absolute Gasteiger partial charge is 0.411 e. The first-order chi connectivity index (χ1) is 10.9. The molecule has 1 fully saturated rings. The fraction of sp³-hybridized carbons (Fsp3) is 0.429. The van der Waals surface area contributed by atoms with Crippen molar-refractivity contribution in [1.29, 1.82) is 0 Å². The van der Waals surface area contributed by atoms with Crippen molar-refractivity contribution in [2.45, 2.75) is 19.4 Å². The summed E-state index contributed by atoms with van der Waals surface area (Å²) in [4.78, 5) is 23.1. The van der Waals surface area contributed by atoms with Crippen LogP contribution in [0.5, 0.6) is 0 Å². The molecule has 1 heterocycles. The second kappa shape index (κ2) is 7.32. The molecule has 3 N–H and O–H groups in total. The van der Waals surface area contributed by atoms with Gasteiger partial charge in [-0.05, 0) is 37.6 Å². The van der Waals surface area contributed by atoms with Crippen LogP contribution in [0.1, 0.15) is 13.3 Å². The van der Waals surface area contributed by atoms with Crippen molar-refractivity contribution in [3.8, 4) is 0 Å². The van der Waals surface area contributed by atoms with Crippen molar-refractivity contribution < 1.29 is 22.7 Å². The number of benzene rings is 1. The van der Waals surface area contributed by atoms with Crippen LogP contribution in [-0.4, -0.2) is 44.7 Å². The zero-order valence-corrected chi connectivity index (χ0v) is 13.5. The summed E-state index contributed by atoms with van der Waals surface area (Å²) in [7, 11) is -3.03. The van der Waals surface area contributed by atoms with Gasteiger partial charge in [0.15, 0.2) is 9.84 Å². The zero-order valence-electron chi connectivity index (χ0n) is 12.7. The van der Waals surface area contributed by atoms with Crippen LogP contribution in [0.3, 0.4) is 0 Å². The molecule has 23 heavy (non-hydrogen) atoms. The minimum atomic E-state index is -3.03. The number of anilines is 2. The van der Waals surface area contributed by atoms with E-state index >= 15 is 0 Å². The van der Waals surface area contributed by atoms with E-state index in [1.54, 1.807) is 31.2 Å². The molecule has 2 rings (SSSR count). The van der Waals surface area contributed by atoms with Crippen LogP contribution in [0.15, 0.2) is 24.3 Å². The van der Waals surface area contributed by atoms with Crippen molar-refractivity contribution in [1.82, 2.24) is 5.32 Å². The van der Waals surface area contributed by atoms with Gasteiger partial charge in [0, 0.05) is 17.4 Å². The molecule has 3 amide bonds. The van der Waals surface area contributed by atoms with Crippen LogP contribution < -0.4 is 16.0 Å². The second-order valence-corrected chi connectivity index (χ2v) is 7.35. The van der Waals surface area contributed by atoms with E-state index in [0.29, 0.717) is 17.8 Å². The first kappa shape index (κ1) is 17.1. The number of rotatable bonds is 4. The Labute approximate surface area is 134 Å². The Morgan fingerprint density at radius 1 is 1.17 bits per heavy atom. The van der Waals surface area contributed by atoms with Gasteiger partial charge in [-0.3, -0.25) is 5.32 Å². The highest BCUT2D eigenvalue weighted by molar-refractivity contribution is 7.91. The van der Waals surface area contributed by atoms with E-state index in [2.05, 4.69) is 16.0 Å². The van der Waals surface area contributed by atoms with Gasteiger partial charge in [0.1, 0.15) is 0 Å². The topological polar surface area (TPSA) is 114 Å². The first-order valence-electron chi connectivity index (χ1n) is 7.20. The van der Waals surface area contributed by atoms with Crippen LogP contribution in [0.2, 0.25) is 0 Å². The summed E-state index contributed by atoms with van der Waals surface area (Å²) in [6.07, 6.45) is -0.119. The quantitative estimate of drug-likeness (QED) is 0.769. The monoisotopic (exact) mass is 341 g/mol. The van der Waals surface area contributed by atoms with Gasteiger partial charge in [-0.15, -0.1) is 0 Å². The molecule has 0 bridgehead atoms. The van der Waals surface area contributed by atoms with E-state index in [9.17, 15) is 18.0 Å². The maximum atomic E-state index is 11.8. The van der Waals surface area contributed by atoms with Crippen molar-refractivity contribution in [2.24, 2.45) is 0 Å². The maximum absolute atomic E-state index is 11.8. The Kier molecular flexibility index (Phi) is 5.43. The van der Waals surface area contributed by atoms with Crippen molar-refractivity contribution in [3.63, 3.8) is 0 Å². The molecule has 0 radical (unpaired) electrons. The molecular formula is C14H19N3O5S. The number of hydrogen-bond donors (Lipinski definition) is 3. The highest BCUT2D eigenvalue weighted by Crippen LogP contribution is 2.15. The van der Waals surface area contributed by atoms with Crippen molar-refractivity contribution in [3.05, 3.63) is 24.3 Å². The van der Waals surface area contributed by atoms with Crippen molar-refractivity contribution in [2.75, 3.05) is 28.7 Å². The normalized spacial score (nSPS) is 18.9. The summed E-state index contributed by atoms with van der Waals surface area (Å²) in [5.74, 6) is 0.0784. The molecule has 1 aromatic rings. The van der Waals surface area contributed by atoms with Gasteiger partial charge in [-0.25, -0.2) is 18.0 Å². The lowest BCUT2D eigenvalue weighted by Gasteiger charge is -2.12. The third-order valence-electron chi connectivity index (χ3n) is 3.23. The number of urea groups is 1. The number of ether oxygens (including phenoxy) is 1. The van der Waals surface area contributed by atoms with E-state index in [-0.39, 0.29) is 24.2 Å². The fourth-order valence-electron chi connectivity index (χ4n) is 2.18. The van der Waals surface area contributed by atoms with E-state index in [1.807, 2.05) is 0 Å². The Morgan fingerprint density at radius 3 is 2.30 bits per heavy atom. The van der Waals surface area contributed by atoms with Crippen LogP contribution in [0.4, 0.5) is 21.0 Å². The molecule has 1 aliphatic rings. The predicted octanol–water partition coefficient (Wildman–Crippen LogP) is 1.56. The molecule has 126 valence electrons. The van der Waals surface area contributed by atoms with Crippen LogP contribution in [-0.2, 0) is 14.6 Å². The second-order valence-electron chi connectivity index (χ2n) is 5.12. The summed E-state index contributed by atoms with van der Waals surface area (Å²) in [6, 6.07) is 5.65. The van der Waals surface area contributed by atoms with Crippen LogP contribution in [0, 0.1) is 0 Å². The number of carbonyl (C=O) groups is 2. The van der Waals surface area contributed by atoms with E-state index < -0.39 is 22.0 Å². The van der Waals surface area contributed by atoms with Crippen LogP contribution >= 0.6 is 0 Å². The van der Waals surface area contributed by atoms with Gasteiger partial charge >= 0.3 is 12.1 Å². The Hall–Kier alpha value is -2.29. The van der Waals surface area contributed by atoms with Crippen LogP contribution in [0.25, 0.3) is 0 Å². The molecule has 1 saturated heterocycles. The zero-order chi connectivity index (χ0) is 16.9. The molecule has 8 nitrogen and oxygen atoms in total. The third kappa shape index (κ3) is 5.44. The Balaban J connectivity index is 1.83. The highest BCUT2D eigenvalue weighted by Gasteiger charge is 2.28. The minimum Gasteiger partial charge on any atom is -0.450 e. The van der Waals surface area contributed by atoms with Gasteiger partial charge in [-0.1, -0.05) is 0 Å². The van der Waals surface area contributed by atoms with Crippen molar-refractivity contribution >= 4 is 33.3 Å². The first-order valence-corrected chi connectivity index (χ1v) is 9.02. The number of carbonyl (C=O) groups excluding carboxylic acids is 2. The fourth-order valence-corrected chi connectivity index (χ4v) is 3.86. The predicted molar refractivity (Wildman–Crippen MR) is 86.3 cm³/mol. The standard InChI is InChI=1S/C14H19N3O5S/c1-2-22-14(19)17-11-5-3-10(4-6-11)15-13(18)16-12-7-8-23(20,21)9-12/h3-6,12H,2,7-9H2,1H3,(H,17,19)(H2,15,16,18). The average molecular weight is 341 g/mol. The number of sulfone groups is 1. The Morgan fingerprint density at radius 2 is 1.78 bits per heavy atom. The minimum absolute atomic E-state index is 0.0250. The molecule has 1 unspecified atom stereocenters. The van der Waals surface area contributed by atoms with Gasteiger partial charge < -0.3 is 15.4 Å². The maximum Gasteiger partial charge on any atom is 0.411 e. The molecule has 1 atom stereocenters. The number of nitrogens with one attached hydrogen (secondary N) is 3. The molecule has 9 heteroatoms. The summed E-state index contributed by atoms with van der Waals surface area (Å²) >= 11 is 0. The average Bonchev–Trinajstić information content (AvgIpc) is 2.80. The summed E-state index contributed by atoms with van der Waals surface area (Å²) in [6.45, 7) is 1.99. The van der Waals surface area contributed by atoms with Gasteiger partial charge in [0.2, 0.25) is 0 Å². The lowest BCUT2D eigenvalue weighted by molar-refractivity contribution is 0.168. The summed E-state index contributed by atoms with van der Waals surface area (Å²) < 4.78 is 27.4. The molecule has 1 aliphatic heterocycles. The summed E-state index contributed by atoms with van der Waals surface area (Å²) in [5.41, 5.74) is 1.06. The summed E-state index contributed by atoms with van der Waals surface area (Å²) in [5, 5.41) is 7.78. The number of hydrogen-bond acceptors (Lipinski definition) is 5. The van der Waals surface area contributed by atoms with E-state index in [0.717, 1.165) is 0 Å². The molecule has 0 aromatic heterocycles. The number of amides is 3. The van der Waals surface area contributed by atoms with Gasteiger partial charge in [-0.2, -0.15) is 0 Å².